The molecule has 6 nitrogen and oxygen atoms in total. The number of nitrogens with zero attached hydrogens (tertiary/aromatic N) is 4. The SMILES string of the molecule is CC(C)C(NCC(=O)N1CCN(c2ncccn2)CC1)c1ccc(C(C)(C)C)cc1. The van der Waals surface area contributed by atoms with Gasteiger partial charge in [-0.25, -0.2) is 9.97 Å². The molecule has 30 heavy (non-hydrogen) atoms. The van der Waals surface area contributed by atoms with Crippen LogP contribution < -0.4 is 10.2 Å². The van der Waals surface area contributed by atoms with Crippen molar-refractivity contribution in [1.29, 1.82) is 0 Å². The number of piperazine rings is 1. The van der Waals surface area contributed by atoms with Crippen molar-refractivity contribution < 1.29 is 4.79 Å². The normalized spacial score (nSPS) is 16.1. The summed E-state index contributed by atoms with van der Waals surface area (Å²) in [5.74, 6) is 1.28. The third kappa shape index (κ3) is 5.57. The van der Waals surface area contributed by atoms with Crippen LogP contribution in [0.5, 0.6) is 0 Å². The van der Waals surface area contributed by atoms with E-state index in [0.29, 0.717) is 25.6 Å². The fourth-order valence-electron chi connectivity index (χ4n) is 3.85. The Morgan fingerprint density at radius 3 is 2.17 bits per heavy atom. The number of benzene rings is 1. The quantitative estimate of drug-likeness (QED) is 0.792. The lowest BCUT2D eigenvalue weighted by molar-refractivity contribution is -0.130. The van der Waals surface area contributed by atoms with Gasteiger partial charge in [0, 0.05) is 44.6 Å². The zero-order valence-corrected chi connectivity index (χ0v) is 18.9. The first-order valence-corrected chi connectivity index (χ1v) is 10.9. The fraction of sp³-hybridized carbons (Fsp3) is 0.542. The van der Waals surface area contributed by atoms with Crippen molar-refractivity contribution in [3.05, 3.63) is 53.9 Å². The van der Waals surface area contributed by atoms with Gasteiger partial charge in [0.1, 0.15) is 0 Å². The smallest absolute Gasteiger partial charge is 0.236 e. The monoisotopic (exact) mass is 409 g/mol. The third-order valence-electron chi connectivity index (χ3n) is 5.74. The summed E-state index contributed by atoms with van der Waals surface area (Å²) < 4.78 is 0. The minimum absolute atomic E-state index is 0.141. The van der Waals surface area contributed by atoms with Crippen LogP contribution in [0.15, 0.2) is 42.7 Å². The Labute approximate surface area is 180 Å². The van der Waals surface area contributed by atoms with Gasteiger partial charge in [0.05, 0.1) is 6.54 Å². The third-order valence-corrected chi connectivity index (χ3v) is 5.74. The summed E-state index contributed by atoms with van der Waals surface area (Å²) in [7, 11) is 0. The van der Waals surface area contributed by atoms with Crippen molar-refractivity contribution >= 4 is 11.9 Å². The molecule has 1 aliphatic rings. The minimum Gasteiger partial charge on any atom is -0.338 e. The number of aromatic nitrogens is 2. The summed E-state index contributed by atoms with van der Waals surface area (Å²) in [5, 5.41) is 3.50. The van der Waals surface area contributed by atoms with E-state index in [1.54, 1.807) is 12.4 Å². The first-order valence-electron chi connectivity index (χ1n) is 10.9. The van der Waals surface area contributed by atoms with Crippen LogP contribution >= 0.6 is 0 Å². The molecule has 1 N–H and O–H groups in total. The zero-order valence-electron chi connectivity index (χ0n) is 18.9. The van der Waals surface area contributed by atoms with Crippen LogP contribution in [0.2, 0.25) is 0 Å². The van der Waals surface area contributed by atoms with E-state index in [-0.39, 0.29) is 17.4 Å². The van der Waals surface area contributed by atoms with E-state index >= 15 is 0 Å². The second-order valence-corrected chi connectivity index (χ2v) is 9.39. The first kappa shape index (κ1) is 22.2. The maximum atomic E-state index is 12.8. The van der Waals surface area contributed by atoms with Gasteiger partial charge in [0.2, 0.25) is 11.9 Å². The molecule has 1 unspecified atom stereocenters. The molecular formula is C24H35N5O. The molecule has 1 aromatic heterocycles. The molecule has 0 radical (unpaired) electrons. The van der Waals surface area contributed by atoms with Crippen LogP contribution in [0.25, 0.3) is 0 Å². The highest BCUT2D eigenvalue weighted by atomic mass is 16.2. The summed E-state index contributed by atoms with van der Waals surface area (Å²) in [6.45, 7) is 14.3. The maximum absolute atomic E-state index is 12.8. The summed E-state index contributed by atoms with van der Waals surface area (Å²) >= 11 is 0. The molecular weight excluding hydrogens is 374 g/mol. The average molecular weight is 410 g/mol. The highest BCUT2D eigenvalue weighted by Crippen LogP contribution is 2.26. The lowest BCUT2D eigenvalue weighted by Crippen LogP contribution is -2.51. The molecule has 1 aromatic carbocycles. The lowest BCUT2D eigenvalue weighted by atomic mass is 9.85. The summed E-state index contributed by atoms with van der Waals surface area (Å²) in [5.41, 5.74) is 2.70. The number of amides is 1. The molecule has 0 saturated carbocycles. The Morgan fingerprint density at radius 2 is 1.63 bits per heavy atom. The van der Waals surface area contributed by atoms with Crippen LogP contribution in [-0.2, 0) is 10.2 Å². The van der Waals surface area contributed by atoms with E-state index in [1.165, 1.54) is 11.1 Å². The number of rotatable bonds is 6. The molecule has 0 aliphatic carbocycles. The molecule has 0 spiro atoms. The maximum Gasteiger partial charge on any atom is 0.236 e. The van der Waals surface area contributed by atoms with Crippen molar-refractivity contribution in [2.45, 2.75) is 46.1 Å². The molecule has 3 rings (SSSR count). The summed E-state index contributed by atoms with van der Waals surface area (Å²) in [4.78, 5) is 25.5. The minimum atomic E-state index is 0.141. The standard InChI is InChI=1S/C24H35N5O/c1-18(2)22(19-7-9-20(10-8-19)24(3,4)5)27-17-21(30)28-13-15-29(16-14-28)23-25-11-6-12-26-23/h6-12,18,22,27H,13-17H2,1-5H3. The van der Waals surface area contributed by atoms with Crippen LogP contribution in [0, 0.1) is 5.92 Å². The Hall–Kier alpha value is -2.47. The lowest BCUT2D eigenvalue weighted by Gasteiger charge is -2.35. The predicted octanol–water partition coefficient (Wildman–Crippen LogP) is 3.41. The molecule has 1 atom stereocenters. The van der Waals surface area contributed by atoms with E-state index in [2.05, 4.69) is 79.1 Å². The highest BCUT2D eigenvalue weighted by Gasteiger charge is 2.24. The van der Waals surface area contributed by atoms with Gasteiger partial charge in [0.15, 0.2) is 0 Å². The Kier molecular flexibility index (Phi) is 7.08. The number of hydrogen-bond donors (Lipinski definition) is 1. The molecule has 1 saturated heterocycles. The number of carbonyl (C=O) groups is 1. The van der Waals surface area contributed by atoms with Gasteiger partial charge in [-0.1, -0.05) is 58.9 Å². The van der Waals surface area contributed by atoms with Crippen LogP contribution in [0.4, 0.5) is 5.95 Å². The number of hydrogen-bond acceptors (Lipinski definition) is 5. The molecule has 0 bridgehead atoms. The van der Waals surface area contributed by atoms with Crippen LogP contribution in [0.1, 0.15) is 51.8 Å². The molecule has 1 aliphatic heterocycles. The van der Waals surface area contributed by atoms with Gasteiger partial charge in [-0.2, -0.15) is 0 Å². The van der Waals surface area contributed by atoms with E-state index in [1.807, 2.05) is 11.0 Å². The molecule has 2 heterocycles. The molecule has 6 heteroatoms. The Balaban J connectivity index is 1.54. The molecule has 162 valence electrons. The van der Waals surface area contributed by atoms with E-state index in [9.17, 15) is 4.79 Å². The first-order chi connectivity index (χ1) is 14.3. The van der Waals surface area contributed by atoms with Crippen molar-refractivity contribution in [3.8, 4) is 0 Å². The van der Waals surface area contributed by atoms with Crippen molar-refractivity contribution in [2.75, 3.05) is 37.6 Å². The van der Waals surface area contributed by atoms with Crippen LogP contribution in [0.3, 0.4) is 0 Å². The molecule has 2 aromatic rings. The van der Waals surface area contributed by atoms with Gasteiger partial charge >= 0.3 is 0 Å². The topological polar surface area (TPSA) is 61.4 Å². The summed E-state index contributed by atoms with van der Waals surface area (Å²) in [6, 6.07) is 10.8. The number of anilines is 1. The van der Waals surface area contributed by atoms with Crippen molar-refractivity contribution in [2.24, 2.45) is 5.92 Å². The number of carbonyl (C=O) groups excluding carboxylic acids is 1. The summed E-state index contributed by atoms with van der Waals surface area (Å²) in [6.07, 6.45) is 3.51. The van der Waals surface area contributed by atoms with Gasteiger partial charge < -0.3 is 15.1 Å². The van der Waals surface area contributed by atoms with Crippen molar-refractivity contribution in [3.63, 3.8) is 0 Å². The van der Waals surface area contributed by atoms with Crippen molar-refractivity contribution in [1.82, 2.24) is 20.2 Å². The predicted molar refractivity (Wildman–Crippen MR) is 122 cm³/mol. The molecule has 1 fully saturated rings. The molecule has 1 amide bonds. The number of nitrogens with one attached hydrogen (secondary N) is 1. The van der Waals surface area contributed by atoms with Gasteiger partial charge in [-0.3, -0.25) is 4.79 Å². The second-order valence-electron chi connectivity index (χ2n) is 9.39. The van der Waals surface area contributed by atoms with Crippen LogP contribution in [-0.4, -0.2) is 53.5 Å². The zero-order chi connectivity index (χ0) is 21.7. The highest BCUT2D eigenvalue weighted by molar-refractivity contribution is 5.78. The van der Waals surface area contributed by atoms with Gasteiger partial charge in [0.25, 0.3) is 0 Å². The van der Waals surface area contributed by atoms with E-state index in [0.717, 1.165) is 19.0 Å². The van der Waals surface area contributed by atoms with E-state index < -0.39 is 0 Å². The van der Waals surface area contributed by atoms with Gasteiger partial charge in [-0.15, -0.1) is 0 Å². The fourth-order valence-corrected chi connectivity index (χ4v) is 3.85. The van der Waals surface area contributed by atoms with E-state index in [4.69, 9.17) is 0 Å². The largest absolute Gasteiger partial charge is 0.338 e. The average Bonchev–Trinajstić information content (AvgIpc) is 2.74. The second kappa shape index (κ2) is 9.56. The van der Waals surface area contributed by atoms with Gasteiger partial charge in [-0.05, 0) is 28.5 Å². The Bertz CT molecular complexity index is 806. The Morgan fingerprint density at radius 1 is 1.03 bits per heavy atom.